The van der Waals surface area contributed by atoms with Crippen molar-refractivity contribution in [3.8, 4) is 0 Å². The lowest BCUT2D eigenvalue weighted by Gasteiger charge is -1.97. The molecule has 15 heavy (non-hydrogen) atoms. The standard InChI is InChI=1S/C9H8ClNO3S/c10-15(13,14)7-1-2-9-8(3-7)6(5-12)4-11-9/h1-4,11-12H,5H2. The molecule has 0 spiro atoms. The quantitative estimate of drug-likeness (QED) is 0.790. The molecule has 0 saturated heterocycles. The highest BCUT2D eigenvalue weighted by Gasteiger charge is 2.12. The normalized spacial score (nSPS) is 12.1. The molecule has 0 radical (unpaired) electrons. The summed E-state index contributed by atoms with van der Waals surface area (Å²) in [5.41, 5.74) is 1.41. The molecular formula is C9H8ClNO3S. The average Bonchev–Trinajstić information content (AvgIpc) is 2.57. The zero-order valence-electron chi connectivity index (χ0n) is 7.57. The van der Waals surface area contributed by atoms with Crippen molar-refractivity contribution in [2.75, 3.05) is 0 Å². The van der Waals surface area contributed by atoms with E-state index in [4.69, 9.17) is 15.8 Å². The fourth-order valence-electron chi connectivity index (χ4n) is 1.44. The zero-order valence-corrected chi connectivity index (χ0v) is 9.14. The number of halogens is 1. The third kappa shape index (κ3) is 1.86. The van der Waals surface area contributed by atoms with Crippen LogP contribution in [0.25, 0.3) is 10.9 Å². The fraction of sp³-hybridized carbons (Fsp3) is 0.111. The lowest BCUT2D eigenvalue weighted by Crippen LogP contribution is -1.90. The Bertz CT molecular complexity index is 603. The highest BCUT2D eigenvalue weighted by atomic mass is 35.7. The van der Waals surface area contributed by atoms with Gasteiger partial charge in [0.1, 0.15) is 0 Å². The minimum atomic E-state index is -3.72. The fourth-order valence-corrected chi connectivity index (χ4v) is 2.22. The van der Waals surface area contributed by atoms with Gasteiger partial charge < -0.3 is 10.1 Å². The number of aromatic nitrogens is 1. The zero-order chi connectivity index (χ0) is 11.1. The Balaban J connectivity index is 2.73. The van der Waals surface area contributed by atoms with Crippen molar-refractivity contribution < 1.29 is 13.5 Å². The summed E-state index contributed by atoms with van der Waals surface area (Å²) < 4.78 is 22.2. The van der Waals surface area contributed by atoms with Crippen molar-refractivity contribution in [1.29, 1.82) is 0 Å². The molecule has 2 rings (SSSR count). The van der Waals surface area contributed by atoms with Gasteiger partial charge in [-0.3, -0.25) is 0 Å². The monoisotopic (exact) mass is 245 g/mol. The second kappa shape index (κ2) is 3.52. The molecule has 0 aliphatic carbocycles. The first kappa shape index (κ1) is 10.5. The number of fused-ring (bicyclic) bond motifs is 1. The first-order chi connectivity index (χ1) is 7.02. The number of aliphatic hydroxyl groups excluding tert-OH is 1. The van der Waals surface area contributed by atoms with Crippen LogP contribution in [0.15, 0.2) is 29.3 Å². The van der Waals surface area contributed by atoms with Crippen LogP contribution in [-0.2, 0) is 15.7 Å². The predicted molar refractivity (Wildman–Crippen MR) is 57.3 cm³/mol. The molecular weight excluding hydrogens is 238 g/mol. The van der Waals surface area contributed by atoms with Gasteiger partial charge in [-0.05, 0) is 18.2 Å². The van der Waals surface area contributed by atoms with E-state index >= 15 is 0 Å². The van der Waals surface area contributed by atoms with E-state index in [0.717, 1.165) is 5.52 Å². The Morgan fingerprint density at radius 2 is 2.13 bits per heavy atom. The van der Waals surface area contributed by atoms with Crippen molar-refractivity contribution in [3.63, 3.8) is 0 Å². The molecule has 2 aromatic rings. The van der Waals surface area contributed by atoms with Crippen molar-refractivity contribution in [2.24, 2.45) is 0 Å². The summed E-state index contributed by atoms with van der Waals surface area (Å²) in [5.74, 6) is 0. The third-order valence-electron chi connectivity index (χ3n) is 2.19. The maximum absolute atomic E-state index is 11.1. The second-order valence-corrected chi connectivity index (χ2v) is 5.68. The molecule has 1 aromatic carbocycles. The van der Waals surface area contributed by atoms with Crippen molar-refractivity contribution in [1.82, 2.24) is 4.98 Å². The van der Waals surface area contributed by atoms with Gasteiger partial charge in [0.05, 0.1) is 11.5 Å². The number of rotatable bonds is 2. The summed E-state index contributed by atoms with van der Waals surface area (Å²) in [6, 6.07) is 4.48. The lowest BCUT2D eigenvalue weighted by molar-refractivity contribution is 0.283. The maximum Gasteiger partial charge on any atom is 0.261 e. The topological polar surface area (TPSA) is 70.2 Å². The van der Waals surface area contributed by atoms with Crippen LogP contribution in [0.2, 0.25) is 0 Å². The number of hydrogen-bond acceptors (Lipinski definition) is 3. The maximum atomic E-state index is 11.1. The molecule has 0 atom stereocenters. The van der Waals surface area contributed by atoms with Crippen LogP contribution in [0.5, 0.6) is 0 Å². The first-order valence-corrected chi connectivity index (χ1v) is 6.49. The van der Waals surface area contributed by atoms with Gasteiger partial charge in [-0.1, -0.05) is 0 Å². The second-order valence-electron chi connectivity index (χ2n) is 3.12. The van der Waals surface area contributed by atoms with Gasteiger partial charge in [0.15, 0.2) is 0 Å². The van der Waals surface area contributed by atoms with Crippen LogP contribution < -0.4 is 0 Å². The molecule has 0 amide bonds. The molecule has 0 fully saturated rings. The Morgan fingerprint density at radius 3 is 2.73 bits per heavy atom. The Morgan fingerprint density at radius 1 is 1.40 bits per heavy atom. The van der Waals surface area contributed by atoms with Crippen molar-refractivity contribution in [2.45, 2.75) is 11.5 Å². The molecule has 6 heteroatoms. The number of aromatic amines is 1. The van der Waals surface area contributed by atoms with E-state index in [1.54, 1.807) is 12.3 Å². The summed E-state index contributed by atoms with van der Waals surface area (Å²) in [7, 11) is 1.50. The Hall–Kier alpha value is -1.04. The van der Waals surface area contributed by atoms with Gasteiger partial charge in [-0.15, -0.1) is 0 Å². The molecule has 1 aromatic heterocycles. The van der Waals surface area contributed by atoms with Gasteiger partial charge >= 0.3 is 0 Å². The number of nitrogens with one attached hydrogen (secondary N) is 1. The highest BCUT2D eigenvalue weighted by molar-refractivity contribution is 8.13. The average molecular weight is 246 g/mol. The van der Waals surface area contributed by atoms with E-state index in [0.29, 0.717) is 10.9 Å². The van der Waals surface area contributed by atoms with Crippen molar-refractivity contribution in [3.05, 3.63) is 30.0 Å². The minimum absolute atomic E-state index is 0.0333. The molecule has 1 heterocycles. The number of H-pyrrole nitrogens is 1. The molecule has 4 nitrogen and oxygen atoms in total. The molecule has 80 valence electrons. The van der Waals surface area contributed by atoms with Gasteiger partial charge in [0.2, 0.25) is 0 Å². The molecule has 0 saturated carbocycles. The van der Waals surface area contributed by atoms with E-state index in [1.165, 1.54) is 12.1 Å². The van der Waals surface area contributed by atoms with Gasteiger partial charge in [-0.25, -0.2) is 8.42 Å². The largest absolute Gasteiger partial charge is 0.392 e. The van der Waals surface area contributed by atoms with Crippen LogP contribution in [0.4, 0.5) is 0 Å². The summed E-state index contributed by atoms with van der Waals surface area (Å²) in [5, 5.41) is 9.68. The summed E-state index contributed by atoms with van der Waals surface area (Å²) in [6.45, 7) is -0.147. The molecule has 0 bridgehead atoms. The Kier molecular flexibility index (Phi) is 2.46. The van der Waals surface area contributed by atoms with E-state index in [-0.39, 0.29) is 11.5 Å². The summed E-state index contributed by atoms with van der Waals surface area (Å²) >= 11 is 0. The third-order valence-corrected chi connectivity index (χ3v) is 3.54. The Labute approximate surface area is 90.9 Å². The van der Waals surface area contributed by atoms with E-state index in [9.17, 15) is 8.42 Å². The molecule has 0 aliphatic rings. The smallest absolute Gasteiger partial charge is 0.261 e. The first-order valence-electron chi connectivity index (χ1n) is 4.18. The highest BCUT2D eigenvalue weighted by Crippen LogP contribution is 2.23. The number of benzene rings is 1. The number of aliphatic hydroxyl groups is 1. The SMILES string of the molecule is O=S(=O)(Cl)c1ccc2[nH]cc(CO)c2c1. The van der Waals surface area contributed by atoms with E-state index in [1.807, 2.05) is 0 Å². The van der Waals surface area contributed by atoms with E-state index in [2.05, 4.69) is 4.98 Å². The summed E-state index contributed by atoms with van der Waals surface area (Å²) in [4.78, 5) is 2.95. The van der Waals surface area contributed by atoms with Gasteiger partial charge in [0.25, 0.3) is 9.05 Å². The van der Waals surface area contributed by atoms with Crippen LogP contribution in [0.3, 0.4) is 0 Å². The van der Waals surface area contributed by atoms with Gasteiger partial charge in [-0.2, -0.15) is 0 Å². The van der Waals surface area contributed by atoms with Gasteiger partial charge in [0, 0.05) is 33.3 Å². The lowest BCUT2D eigenvalue weighted by atomic mass is 10.2. The minimum Gasteiger partial charge on any atom is -0.392 e. The predicted octanol–water partition coefficient (Wildman–Crippen LogP) is 1.59. The molecule has 0 unspecified atom stereocenters. The van der Waals surface area contributed by atoms with Crippen LogP contribution in [-0.4, -0.2) is 18.5 Å². The molecule has 0 aliphatic heterocycles. The van der Waals surface area contributed by atoms with Crippen LogP contribution in [0, 0.1) is 0 Å². The summed E-state index contributed by atoms with van der Waals surface area (Å²) in [6.07, 6.45) is 1.63. The molecule has 2 N–H and O–H groups in total. The van der Waals surface area contributed by atoms with Crippen LogP contribution in [0.1, 0.15) is 5.56 Å². The van der Waals surface area contributed by atoms with E-state index < -0.39 is 9.05 Å². The van der Waals surface area contributed by atoms with Crippen molar-refractivity contribution >= 4 is 30.6 Å². The van der Waals surface area contributed by atoms with Crippen LogP contribution >= 0.6 is 10.7 Å². The number of hydrogen-bond donors (Lipinski definition) is 2.